The maximum absolute atomic E-state index is 13.8. The quantitative estimate of drug-likeness (QED) is 0.189. The lowest BCUT2D eigenvalue weighted by molar-refractivity contribution is 0.103. The number of ketones is 1. The van der Waals surface area contributed by atoms with E-state index >= 15 is 0 Å². The Morgan fingerprint density at radius 2 is 0.980 bits per heavy atom. The van der Waals surface area contributed by atoms with E-state index in [4.69, 9.17) is 4.74 Å². The van der Waals surface area contributed by atoms with Crippen molar-refractivity contribution in [3.8, 4) is 22.6 Å². The third-order valence-electron chi connectivity index (χ3n) is 11.5. The molecule has 6 aromatic rings. The van der Waals surface area contributed by atoms with Gasteiger partial charge in [0, 0.05) is 33.1 Å². The van der Waals surface area contributed by atoms with E-state index in [1.54, 1.807) is 0 Å². The van der Waals surface area contributed by atoms with Crippen LogP contribution in [0.15, 0.2) is 127 Å². The van der Waals surface area contributed by atoms with Crippen molar-refractivity contribution in [3.05, 3.63) is 172 Å². The molecule has 0 radical (unpaired) electrons. The van der Waals surface area contributed by atoms with Gasteiger partial charge in [0.25, 0.3) is 0 Å². The average Bonchev–Trinajstić information content (AvgIpc) is 3.12. The first-order valence-corrected chi connectivity index (χ1v) is 17.2. The van der Waals surface area contributed by atoms with Crippen LogP contribution in [0.25, 0.3) is 11.1 Å². The maximum Gasteiger partial charge on any atom is 0.193 e. The Morgan fingerprint density at radius 1 is 0.449 bits per heavy atom. The zero-order chi connectivity index (χ0) is 33.9. The van der Waals surface area contributed by atoms with E-state index in [2.05, 4.69) is 156 Å². The molecule has 0 N–H and O–H groups in total. The van der Waals surface area contributed by atoms with Crippen LogP contribution in [0.2, 0.25) is 0 Å². The van der Waals surface area contributed by atoms with Gasteiger partial charge < -0.3 is 9.64 Å². The van der Waals surface area contributed by atoms with E-state index in [0.29, 0.717) is 0 Å². The van der Waals surface area contributed by atoms with Crippen LogP contribution in [0, 0.1) is 0 Å². The number of ether oxygens (including phenoxy) is 1. The number of rotatable bonds is 2. The molecule has 0 fully saturated rings. The molecule has 49 heavy (non-hydrogen) atoms. The number of carbonyl (C=O) groups excluding carboxylic acids is 1. The fraction of sp³-hybridized carbons (Fsp3) is 0.196. The van der Waals surface area contributed by atoms with Gasteiger partial charge in [-0.15, -0.1) is 0 Å². The lowest BCUT2D eigenvalue weighted by Crippen LogP contribution is -2.37. The topological polar surface area (TPSA) is 29.5 Å². The first-order chi connectivity index (χ1) is 23.5. The summed E-state index contributed by atoms with van der Waals surface area (Å²) in [4.78, 5) is 16.1. The monoisotopic (exact) mass is 637 g/mol. The Balaban J connectivity index is 1.20. The van der Waals surface area contributed by atoms with Crippen LogP contribution in [0.1, 0.15) is 90.8 Å². The number of para-hydroxylation sites is 1. The number of carbonyl (C=O) groups is 1. The molecule has 0 saturated carbocycles. The van der Waals surface area contributed by atoms with E-state index in [1.807, 2.05) is 18.2 Å². The molecule has 2 aliphatic carbocycles. The summed E-state index contributed by atoms with van der Waals surface area (Å²) in [6, 6.07) is 44.9. The van der Waals surface area contributed by atoms with E-state index in [0.717, 1.165) is 61.9 Å². The second-order valence-electron chi connectivity index (χ2n) is 15.4. The molecule has 0 bridgehead atoms. The summed E-state index contributed by atoms with van der Waals surface area (Å²) in [5.41, 5.74) is 13.5. The molecule has 3 nitrogen and oxygen atoms in total. The van der Waals surface area contributed by atoms with Gasteiger partial charge in [0.15, 0.2) is 17.3 Å². The van der Waals surface area contributed by atoms with Gasteiger partial charge >= 0.3 is 0 Å². The Kier molecular flexibility index (Phi) is 6.10. The zero-order valence-electron chi connectivity index (χ0n) is 28.9. The van der Waals surface area contributed by atoms with Crippen LogP contribution in [0.3, 0.4) is 0 Å². The van der Waals surface area contributed by atoms with Crippen molar-refractivity contribution >= 4 is 22.8 Å². The van der Waals surface area contributed by atoms with Crippen LogP contribution in [-0.2, 0) is 16.2 Å². The fourth-order valence-corrected chi connectivity index (χ4v) is 8.76. The Morgan fingerprint density at radius 3 is 1.69 bits per heavy atom. The molecule has 0 amide bonds. The third kappa shape index (κ3) is 4.11. The number of nitrogens with zero attached hydrogens (tertiary/aromatic N) is 1. The van der Waals surface area contributed by atoms with Crippen LogP contribution in [-0.4, -0.2) is 5.78 Å². The Hall–Kier alpha value is -5.41. The summed E-state index contributed by atoms with van der Waals surface area (Å²) in [6.07, 6.45) is 0. The van der Waals surface area contributed by atoms with E-state index in [1.165, 1.54) is 22.3 Å². The molecule has 3 aliphatic rings. The molecule has 0 unspecified atom stereocenters. The molecule has 1 aliphatic heterocycles. The minimum Gasteiger partial charge on any atom is -0.453 e. The summed E-state index contributed by atoms with van der Waals surface area (Å²) in [7, 11) is 0. The minimum atomic E-state index is -0.265. The first-order valence-electron chi connectivity index (χ1n) is 17.2. The minimum absolute atomic E-state index is 0.0852. The highest BCUT2D eigenvalue weighted by molar-refractivity contribution is 6.13. The predicted octanol–water partition coefficient (Wildman–Crippen LogP) is 11.8. The maximum atomic E-state index is 13.8. The van der Waals surface area contributed by atoms with Gasteiger partial charge in [-0.1, -0.05) is 126 Å². The first kappa shape index (κ1) is 29.7. The normalized spacial score (nSPS) is 17.0. The number of anilines is 3. The van der Waals surface area contributed by atoms with Crippen molar-refractivity contribution in [1.29, 1.82) is 0 Å². The van der Waals surface area contributed by atoms with Crippen molar-refractivity contribution < 1.29 is 9.53 Å². The van der Waals surface area contributed by atoms with Crippen molar-refractivity contribution in [1.82, 2.24) is 0 Å². The second-order valence-corrected chi connectivity index (χ2v) is 15.4. The molecule has 9 rings (SSSR count). The van der Waals surface area contributed by atoms with Gasteiger partial charge in [0.1, 0.15) is 0 Å². The van der Waals surface area contributed by atoms with Crippen molar-refractivity contribution in [2.75, 3.05) is 4.90 Å². The fourth-order valence-electron chi connectivity index (χ4n) is 8.76. The van der Waals surface area contributed by atoms with Crippen LogP contribution >= 0.6 is 0 Å². The van der Waals surface area contributed by atoms with Gasteiger partial charge in [0.2, 0.25) is 0 Å². The number of fused-ring (bicyclic) bond motifs is 6. The van der Waals surface area contributed by atoms with Gasteiger partial charge in [-0.05, 0) is 87.0 Å². The number of hydrogen-bond acceptors (Lipinski definition) is 3. The van der Waals surface area contributed by atoms with Crippen LogP contribution in [0.5, 0.6) is 11.5 Å². The predicted molar refractivity (Wildman–Crippen MR) is 199 cm³/mol. The van der Waals surface area contributed by atoms with Crippen LogP contribution < -0.4 is 9.64 Å². The zero-order valence-corrected chi connectivity index (χ0v) is 28.9. The molecule has 6 aromatic carbocycles. The molecule has 1 heterocycles. The highest BCUT2D eigenvalue weighted by Gasteiger charge is 2.43. The highest BCUT2D eigenvalue weighted by atomic mass is 16.5. The molecular weight excluding hydrogens is 599 g/mol. The molecule has 0 saturated heterocycles. The summed E-state index contributed by atoms with van der Waals surface area (Å²) in [5, 5.41) is 0. The van der Waals surface area contributed by atoms with Crippen LogP contribution in [0.4, 0.5) is 17.1 Å². The van der Waals surface area contributed by atoms with Gasteiger partial charge in [0.05, 0.1) is 11.4 Å². The Labute approximate surface area is 288 Å². The molecule has 0 aromatic heterocycles. The highest BCUT2D eigenvalue weighted by Crippen LogP contribution is 2.57. The number of hydrogen-bond donors (Lipinski definition) is 0. The average molecular weight is 638 g/mol. The molecule has 0 spiro atoms. The van der Waals surface area contributed by atoms with Crippen molar-refractivity contribution in [2.45, 2.75) is 57.8 Å². The summed E-state index contributed by atoms with van der Waals surface area (Å²) in [5.74, 6) is 1.72. The molecule has 0 atom stereocenters. The lowest BCUT2D eigenvalue weighted by atomic mass is 9.60. The van der Waals surface area contributed by atoms with Gasteiger partial charge in [-0.25, -0.2) is 0 Å². The van der Waals surface area contributed by atoms with E-state index < -0.39 is 0 Å². The second kappa shape index (κ2) is 10.1. The standard InChI is InChI=1S/C46H39NO2/c1-44(2)33-17-11-10-16-31(33)43(48)32-24-28(20-22-34(32)44)29-21-23-39-41(25-29)49-42-27-38-37(26-40(42)47(39)30-14-8-7-9-15-30)45(3,4)35-18-12-13-19-36(35)46(38,5)6/h7-27H,1-6H3. The van der Waals surface area contributed by atoms with Gasteiger partial charge in [-0.2, -0.15) is 0 Å². The third-order valence-corrected chi connectivity index (χ3v) is 11.5. The Bertz CT molecular complexity index is 2360. The van der Waals surface area contributed by atoms with Crippen molar-refractivity contribution in [3.63, 3.8) is 0 Å². The smallest absolute Gasteiger partial charge is 0.193 e. The summed E-state index contributed by atoms with van der Waals surface area (Å²) < 4.78 is 6.91. The molecular formula is C46H39NO2. The number of benzene rings is 6. The summed E-state index contributed by atoms with van der Waals surface area (Å²) in [6.45, 7) is 13.7. The molecule has 240 valence electrons. The van der Waals surface area contributed by atoms with E-state index in [-0.39, 0.29) is 22.0 Å². The summed E-state index contributed by atoms with van der Waals surface area (Å²) >= 11 is 0. The van der Waals surface area contributed by atoms with Gasteiger partial charge in [-0.3, -0.25) is 4.79 Å². The van der Waals surface area contributed by atoms with Crippen molar-refractivity contribution in [2.24, 2.45) is 0 Å². The lowest BCUT2D eigenvalue weighted by Gasteiger charge is -2.45. The largest absolute Gasteiger partial charge is 0.453 e. The van der Waals surface area contributed by atoms with E-state index in [9.17, 15) is 4.79 Å². The molecule has 3 heteroatoms. The SMILES string of the molecule is CC1(C)c2ccccc2C(=O)c2cc(-c3ccc4c(c3)Oc3cc5c(cc3N4c3ccccc3)C(C)(C)c3ccccc3C5(C)C)ccc21.